The van der Waals surface area contributed by atoms with Crippen LogP contribution in [-0.4, -0.2) is 66.7 Å². The number of phenols is 1. The summed E-state index contributed by atoms with van der Waals surface area (Å²) >= 11 is 0. The van der Waals surface area contributed by atoms with E-state index >= 15 is 0 Å². The molecule has 4 aromatic rings. The van der Waals surface area contributed by atoms with Gasteiger partial charge in [0.25, 0.3) is 0 Å². The fourth-order valence-corrected chi connectivity index (χ4v) is 4.73. The summed E-state index contributed by atoms with van der Waals surface area (Å²) < 4.78 is 4.20. The van der Waals surface area contributed by atoms with Crippen LogP contribution < -0.4 is 19.4 Å². The number of nitrogens with one attached hydrogen (secondary N) is 1. The van der Waals surface area contributed by atoms with Gasteiger partial charge in [0.1, 0.15) is 23.7 Å². The Balaban J connectivity index is 1.15. The van der Waals surface area contributed by atoms with Crippen LogP contribution in [0.2, 0.25) is 0 Å². The van der Waals surface area contributed by atoms with Gasteiger partial charge in [-0.3, -0.25) is 0 Å². The summed E-state index contributed by atoms with van der Waals surface area (Å²) in [5.74, 6) is 0.986. The molecule has 47 heavy (non-hydrogen) atoms. The number of nitrogens with zero attached hydrogens (tertiary/aromatic N) is 8. The van der Waals surface area contributed by atoms with Gasteiger partial charge in [0.15, 0.2) is 12.4 Å². The van der Waals surface area contributed by atoms with Crippen molar-refractivity contribution in [1.29, 1.82) is 0 Å². The molecule has 2 aromatic carbocycles. The van der Waals surface area contributed by atoms with Gasteiger partial charge in [0.2, 0.25) is 0 Å². The molecule has 0 aliphatic heterocycles. The van der Waals surface area contributed by atoms with E-state index in [0.717, 1.165) is 61.9 Å². The first-order valence-electron chi connectivity index (χ1n) is 15.8. The van der Waals surface area contributed by atoms with E-state index in [9.17, 15) is 15.3 Å². The number of anilines is 1. The van der Waals surface area contributed by atoms with E-state index < -0.39 is 0 Å². The third-order valence-electron chi connectivity index (χ3n) is 7.21. The molecule has 0 saturated heterocycles. The van der Waals surface area contributed by atoms with E-state index in [1.807, 2.05) is 84.3 Å². The third-order valence-corrected chi connectivity index (χ3v) is 7.21. The zero-order valence-corrected chi connectivity index (χ0v) is 26.9. The molecule has 246 valence electrons. The summed E-state index contributed by atoms with van der Waals surface area (Å²) in [7, 11) is 2.06. The molecule has 2 heterocycles. The van der Waals surface area contributed by atoms with Crippen LogP contribution in [0.4, 0.5) is 28.6 Å². The first-order chi connectivity index (χ1) is 23.0. The van der Waals surface area contributed by atoms with Crippen LogP contribution in [0, 0.1) is 0 Å². The summed E-state index contributed by atoms with van der Waals surface area (Å²) in [6.45, 7) is 4.36. The lowest BCUT2D eigenvalue weighted by atomic mass is 10.2. The molecule has 0 spiro atoms. The first kappa shape index (κ1) is 34.7. The molecular weight excluding hydrogens is 594 g/mol. The van der Waals surface area contributed by atoms with Crippen LogP contribution in [0.5, 0.6) is 5.75 Å². The number of hydrogen-bond acceptors (Lipinski definition) is 10. The fraction of sp³-hybridized carbons (Fsp3) is 0.314. The first-order valence-corrected chi connectivity index (χ1v) is 15.8. The van der Waals surface area contributed by atoms with Crippen LogP contribution in [0.1, 0.15) is 12.8 Å². The molecule has 4 rings (SSSR count). The van der Waals surface area contributed by atoms with Crippen molar-refractivity contribution in [1.82, 2.24) is 10.2 Å². The molecule has 2 aromatic heterocycles. The number of aryl methyl sites for hydroxylation is 2. The summed E-state index contributed by atoms with van der Waals surface area (Å²) in [5.41, 5.74) is 3.11. The van der Waals surface area contributed by atoms with E-state index in [0.29, 0.717) is 18.8 Å². The second-order valence-corrected chi connectivity index (χ2v) is 10.9. The monoisotopic (exact) mass is 639 g/mol. The van der Waals surface area contributed by atoms with Gasteiger partial charge in [-0.05, 0) is 65.8 Å². The van der Waals surface area contributed by atoms with Crippen LogP contribution in [0.15, 0.2) is 130 Å². The number of aliphatic hydroxyl groups is 2. The average Bonchev–Trinajstić information content (AvgIpc) is 3.09. The van der Waals surface area contributed by atoms with E-state index in [1.54, 1.807) is 24.3 Å². The number of azo groups is 2. The van der Waals surface area contributed by atoms with Crippen molar-refractivity contribution < 1.29 is 24.5 Å². The predicted octanol–water partition coefficient (Wildman–Crippen LogP) is 5.06. The number of phenolic OH excluding ortho intramolecular Hbond substituents is 1. The summed E-state index contributed by atoms with van der Waals surface area (Å²) in [4.78, 5) is 4.08. The van der Waals surface area contributed by atoms with Gasteiger partial charge in [0, 0.05) is 76.3 Å². The molecule has 0 bridgehead atoms. The van der Waals surface area contributed by atoms with Crippen LogP contribution in [-0.2, 0) is 13.1 Å². The lowest BCUT2D eigenvalue weighted by molar-refractivity contribution is -0.696. The molecule has 0 atom stereocenters. The Morgan fingerprint density at radius 2 is 1.43 bits per heavy atom. The molecule has 0 amide bonds. The molecular formula is C35H45N9O3+2. The lowest BCUT2D eigenvalue weighted by Gasteiger charge is -2.22. The Labute approximate surface area is 276 Å². The van der Waals surface area contributed by atoms with Crippen molar-refractivity contribution >= 4 is 28.6 Å². The number of aromatic nitrogens is 2. The second-order valence-electron chi connectivity index (χ2n) is 10.9. The predicted molar refractivity (Wildman–Crippen MR) is 182 cm³/mol. The zero-order valence-electron chi connectivity index (χ0n) is 26.9. The number of rotatable bonds is 19. The van der Waals surface area contributed by atoms with E-state index in [2.05, 4.69) is 53.1 Å². The quantitative estimate of drug-likeness (QED) is 0.0643. The van der Waals surface area contributed by atoms with Gasteiger partial charge in [-0.25, -0.2) is 9.13 Å². The van der Waals surface area contributed by atoms with Crippen LogP contribution in [0.25, 0.3) is 0 Å². The van der Waals surface area contributed by atoms with Crippen molar-refractivity contribution in [2.75, 3.05) is 51.3 Å². The summed E-state index contributed by atoms with van der Waals surface area (Å²) in [5, 5.41) is 48.8. The van der Waals surface area contributed by atoms with Gasteiger partial charge in [-0.2, -0.15) is 5.11 Å². The van der Waals surface area contributed by atoms with E-state index in [1.165, 1.54) is 0 Å². The molecule has 0 aliphatic carbocycles. The highest BCUT2D eigenvalue weighted by atomic mass is 16.3. The number of pyridine rings is 2. The number of benzene rings is 2. The Bertz CT molecular complexity index is 1570. The van der Waals surface area contributed by atoms with Crippen molar-refractivity contribution in [2.45, 2.75) is 25.9 Å². The average molecular weight is 640 g/mol. The minimum absolute atomic E-state index is 0.0231. The van der Waals surface area contributed by atoms with Crippen LogP contribution in [0.3, 0.4) is 0 Å². The third kappa shape index (κ3) is 12.3. The lowest BCUT2D eigenvalue weighted by Crippen LogP contribution is -2.34. The molecule has 0 radical (unpaired) electrons. The smallest absolute Gasteiger partial charge is 0.350 e. The topological polar surface area (TPSA) is 136 Å². The maximum Gasteiger partial charge on any atom is 0.350 e. The van der Waals surface area contributed by atoms with Gasteiger partial charge < -0.3 is 30.4 Å². The largest absolute Gasteiger partial charge is 0.508 e. The van der Waals surface area contributed by atoms with Crippen LogP contribution >= 0.6 is 0 Å². The Hall–Kier alpha value is -5.20. The van der Waals surface area contributed by atoms with Gasteiger partial charge in [0.05, 0.1) is 36.8 Å². The number of aliphatic hydroxyl groups excluding tert-OH is 2. The van der Waals surface area contributed by atoms with Crippen molar-refractivity contribution in [3.05, 3.63) is 110 Å². The van der Waals surface area contributed by atoms with Crippen molar-refractivity contribution in [3.63, 3.8) is 0 Å². The minimum Gasteiger partial charge on any atom is -0.508 e. The number of aromatic hydroxyl groups is 1. The molecule has 12 nitrogen and oxygen atoms in total. The molecule has 0 unspecified atom stereocenters. The highest BCUT2D eigenvalue weighted by Crippen LogP contribution is 2.22. The Morgan fingerprint density at radius 1 is 0.723 bits per heavy atom. The Kier molecular flexibility index (Phi) is 14.3. The molecule has 4 N–H and O–H groups in total. The maximum atomic E-state index is 9.40. The van der Waals surface area contributed by atoms with Gasteiger partial charge >= 0.3 is 5.82 Å². The SMILES string of the molecule is CN(/C=C\NCCC[n+]1cccc(N=Nc2ccc(O)cc2)c1)CCC[n+]1ccccc1N=Nc1ccc(N(CCO)CCO)cc1. The standard InChI is InChI=1S/C35H44N9O3/c1-41(24-18-36-17-5-21-42-20-4-7-32(29-42)39-37-31-11-15-34(47)16-12-31)19-6-23-44-22-3-2-8-35(44)40-38-30-9-13-33(14-10-30)43(25-27-45)26-28-46/h2-4,7-16,18,20,22,24,29,36,45-46H,5-6,17,19,21,23,25-28H2,1H3/q+1/p+1/b24-18-. The maximum absolute atomic E-state index is 9.40. The van der Waals surface area contributed by atoms with Crippen molar-refractivity contribution in [3.8, 4) is 5.75 Å². The molecule has 12 heteroatoms. The van der Waals surface area contributed by atoms with Gasteiger partial charge in [-0.1, -0.05) is 6.07 Å². The second kappa shape index (κ2) is 19.3. The molecule has 0 fully saturated rings. The van der Waals surface area contributed by atoms with E-state index in [4.69, 9.17) is 0 Å². The number of hydrogen-bond donors (Lipinski definition) is 4. The fourth-order valence-electron chi connectivity index (χ4n) is 4.73. The van der Waals surface area contributed by atoms with Crippen molar-refractivity contribution in [2.24, 2.45) is 20.5 Å². The zero-order chi connectivity index (χ0) is 33.1. The van der Waals surface area contributed by atoms with E-state index in [-0.39, 0.29) is 19.0 Å². The highest BCUT2D eigenvalue weighted by Gasteiger charge is 2.10. The normalized spacial score (nSPS) is 11.6. The highest BCUT2D eigenvalue weighted by molar-refractivity contribution is 5.52. The summed E-state index contributed by atoms with van der Waals surface area (Å²) in [6.07, 6.45) is 11.9. The molecule has 0 saturated carbocycles. The Morgan fingerprint density at radius 3 is 2.17 bits per heavy atom. The summed E-state index contributed by atoms with van der Waals surface area (Å²) in [6, 6.07) is 24.0. The molecule has 0 aliphatic rings. The minimum atomic E-state index is 0.0231. The van der Waals surface area contributed by atoms with Gasteiger partial charge in [-0.15, -0.1) is 5.11 Å².